The first kappa shape index (κ1) is 29.0. The van der Waals surface area contributed by atoms with Gasteiger partial charge < -0.3 is 18.6 Å². The van der Waals surface area contributed by atoms with Crippen molar-refractivity contribution in [2.75, 3.05) is 31.3 Å². The van der Waals surface area contributed by atoms with Gasteiger partial charge in [-0.15, -0.1) is 0 Å². The summed E-state index contributed by atoms with van der Waals surface area (Å²) in [6, 6.07) is 0. The third kappa shape index (κ3) is 10.9. The number of rotatable bonds is 13. The molecule has 4 N–H and O–H groups in total. The van der Waals surface area contributed by atoms with Crippen LogP contribution in [0.1, 0.15) is 66.2 Å². The van der Waals surface area contributed by atoms with Crippen molar-refractivity contribution in [1.82, 2.24) is 6.15 Å². The van der Waals surface area contributed by atoms with Crippen LogP contribution in [0.3, 0.4) is 0 Å². The summed E-state index contributed by atoms with van der Waals surface area (Å²) in [5.41, 5.74) is 0.463. The Labute approximate surface area is 161 Å². The minimum Gasteiger partial charge on any atom is -1.00 e. The van der Waals surface area contributed by atoms with Gasteiger partial charge in [-0.25, -0.2) is 0 Å². The van der Waals surface area contributed by atoms with Gasteiger partial charge in [-0.05, 0) is 0 Å². The molecule has 3 nitrogen and oxygen atoms in total. The van der Waals surface area contributed by atoms with E-state index in [0.717, 1.165) is 24.6 Å². The zero-order chi connectivity index (χ0) is 17.1. The number of ether oxygens (including phenoxy) is 1. The van der Waals surface area contributed by atoms with Crippen LogP contribution >= 0.6 is 17.2 Å². The topological polar surface area (TPSA) is 62.8 Å². The number of unbranched alkanes of at least 4 members (excludes halogenated alkanes) is 3. The van der Waals surface area contributed by atoms with Crippen molar-refractivity contribution in [1.29, 1.82) is 0 Å². The van der Waals surface area contributed by atoms with Crippen molar-refractivity contribution in [3.63, 3.8) is 0 Å². The van der Waals surface area contributed by atoms with E-state index in [1.165, 1.54) is 38.5 Å². The van der Waals surface area contributed by atoms with Gasteiger partial charge in [0.05, 0.1) is 0 Å². The molecule has 0 saturated heterocycles. The van der Waals surface area contributed by atoms with E-state index in [4.69, 9.17) is 16.0 Å². The Morgan fingerprint density at radius 1 is 0.958 bits per heavy atom. The zero-order valence-electron chi connectivity index (χ0n) is 16.5. The molecule has 0 bridgehead atoms. The maximum atomic E-state index is 11.6. The molecule has 0 aromatic heterocycles. The minimum atomic E-state index is -2.28. The summed E-state index contributed by atoms with van der Waals surface area (Å²) in [7, 11) is 0. The monoisotopic (exact) mass is 403 g/mol. The molecular weight excluding hydrogens is 364 g/mol. The average Bonchev–Trinajstić information content (AvgIpc) is 2.49. The molecule has 0 aliphatic carbocycles. The van der Waals surface area contributed by atoms with E-state index < -0.39 is 5.96 Å². The largest absolute Gasteiger partial charge is 1.00 e. The molecule has 0 aliphatic heterocycles. The fourth-order valence-electron chi connectivity index (χ4n) is 2.82. The van der Waals surface area contributed by atoms with Gasteiger partial charge in [-0.1, -0.05) is 0 Å². The van der Waals surface area contributed by atoms with Crippen molar-refractivity contribution in [3.8, 4) is 0 Å². The van der Waals surface area contributed by atoms with Crippen LogP contribution in [0.25, 0.3) is 0 Å². The Balaban J connectivity index is -0.00000220. The zero-order valence-corrected chi connectivity index (χ0v) is 18.9. The number of carbonyl (C=O) groups is 1. The Morgan fingerprint density at radius 3 is 1.62 bits per heavy atom. The van der Waals surface area contributed by atoms with E-state index in [-0.39, 0.29) is 24.5 Å². The molecule has 0 aliphatic rings. The molecule has 0 spiro atoms. The van der Waals surface area contributed by atoms with Crippen LogP contribution in [-0.4, -0.2) is 37.2 Å². The summed E-state index contributed by atoms with van der Waals surface area (Å²) in [6.07, 6.45) is 11.3. The van der Waals surface area contributed by atoms with Crippen LogP contribution in [0.5, 0.6) is 0 Å². The Kier molecular flexibility index (Phi) is 17.3. The van der Waals surface area contributed by atoms with Gasteiger partial charge in [0.1, 0.15) is 0 Å². The molecule has 0 aromatic carbocycles. The number of hydrogen-bond donors (Lipinski definition) is 1. The van der Waals surface area contributed by atoms with Gasteiger partial charge in [0.2, 0.25) is 0 Å². The molecule has 0 radical (unpaired) electrons. The van der Waals surface area contributed by atoms with Crippen LogP contribution in [-0.2, 0) is 9.53 Å². The van der Waals surface area contributed by atoms with Crippen molar-refractivity contribution >= 4 is 23.2 Å². The maximum absolute atomic E-state index is 11.6. The molecule has 0 unspecified atom stereocenters. The molecule has 24 heavy (non-hydrogen) atoms. The normalized spacial score (nSPS) is 12.3. The third-order valence-corrected chi connectivity index (χ3v) is 12.1. The molecule has 0 atom stereocenters. The van der Waals surface area contributed by atoms with Crippen molar-refractivity contribution in [2.24, 2.45) is 0 Å². The standard InChI is InChI=1S/C18H36ClO2P.ClH.H3N/c1-6-9-13-22(19,14-10-7-2,15-11-8-3)16-12-21-18(20)17(4)5;;/h4,6-16H2,1-3,5H3;1H;1H3. The smallest absolute Gasteiger partial charge is 0.369 e. The van der Waals surface area contributed by atoms with Crippen LogP contribution in [0.4, 0.5) is 0 Å². The second kappa shape index (κ2) is 14.4. The van der Waals surface area contributed by atoms with Gasteiger partial charge >= 0.3 is 142 Å². The summed E-state index contributed by atoms with van der Waals surface area (Å²) >= 11 is 7.41. The molecule has 6 heteroatoms. The minimum absolute atomic E-state index is 0. The molecule has 0 fully saturated rings. The van der Waals surface area contributed by atoms with Crippen molar-refractivity contribution in [2.45, 2.75) is 66.2 Å². The summed E-state index contributed by atoms with van der Waals surface area (Å²) in [4.78, 5) is 11.6. The Morgan fingerprint density at radius 2 is 1.33 bits per heavy atom. The molecule has 0 saturated carbocycles. The first-order valence-electron chi connectivity index (χ1n) is 8.86. The number of carbonyl (C=O) groups excluding carboxylic acids is 1. The number of halogens is 2. The quantitative estimate of drug-likeness (QED) is 0.290. The van der Waals surface area contributed by atoms with E-state index in [1.54, 1.807) is 6.92 Å². The summed E-state index contributed by atoms with van der Waals surface area (Å²) in [5, 5.41) is 0. The maximum Gasteiger partial charge on any atom is -0.369 e. The third-order valence-electron chi connectivity index (χ3n) is 4.44. The molecule has 0 rings (SSSR count). The molecule has 0 heterocycles. The number of hydrogen-bond acceptors (Lipinski definition) is 2. The Bertz CT molecular complexity index is 340. The van der Waals surface area contributed by atoms with Crippen LogP contribution in [0, 0.1) is 0 Å². The number of esters is 1. The van der Waals surface area contributed by atoms with Gasteiger partial charge in [-0.2, -0.15) is 0 Å². The second-order valence-electron chi connectivity index (χ2n) is 6.69. The van der Waals surface area contributed by atoms with Crippen LogP contribution in [0.15, 0.2) is 12.2 Å². The molecule has 0 amide bonds. The Hall–Kier alpha value is 0.180. The van der Waals surface area contributed by atoms with Crippen LogP contribution in [0.2, 0.25) is 0 Å². The van der Waals surface area contributed by atoms with E-state index >= 15 is 0 Å². The molecule has 0 aromatic rings. The van der Waals surface area contributed by atoms with E-state index in [0.29, 0.717) is 12.2 Å². The van der Waals surface area contributed by atoms with Crippen LogP contribution < -0.4 is 18.6 Å². The van der Waals surface area contributed by atoms with Gasteiger partial charge in [-0.3, -0.25) is 0 Å². The fourth-order valence-corrected chi connectivity index (χ4v) is 9.31. The first-order chi connectivity index (χ1) is 10.3. The number of quaternary nitrogens is 1. The summed E-state index contributed by atoms with van der Waals surface area (Å²) < 4.78 is 5.37. The fraction of sp³-hybridized carbons (Fsp3) is 0.833. The van der Waals surface area contributed by atoms with E-state index in [2.05, 4.69) is 27.4 Å². The van der Waals surface area contributed by atoms with Crippen molar-refractivity contribution < 1.29 is 21.9 Å². The second-order valence-corrected chi connectivity index (χ2v) is 15.0. The summed E-state index contributed by atoms with van der Waals surface area (Å²) in [5.74, 6) is -2.57. The van der Waals surface area contributed by atoms with Gasteiger partial charge in [0, 0.05) is 0 Å². The predicted molar refractivity (Wildman–Crippen MR) is 109 cm³/mol. The first-order valence-corrected chi connectivity index (χ1v) is 12.7. The van der Waals surface area contributed by atoms with E-state index in [1.807, 2.05) is 0 Å². The van der Waals surface area contributed by atoms with Gasteiger partial charge in [0.15, 0.2) is 0 Å². The molecular formula is C18H40Cl2NO2P. The van der Waals surface area contributed by atoms with E-state index in [9.17, 15) is 4.79 Å². The van der Waals surface area contributed by atoms with Crippen molar-refractivity contribution in [3.05, 3.63) is 12.2 Å². The predicted octanol–water partition coefficient (Wildman–Crippen LogP) is 3.59. The van der Waals surface area contributed by atoms with Gasteiger partial charge in [0.25, 0.3) is 0 Å². The summed E-state index contributed by atoms with van der Waals surface area (Å²) in [6.45, 7) is 12.4. The SMILES string of the molecule is C=C(C)C(=O)OCCP(Cl)(CCCC)(CCCC)CCCC.[Cl-].[NH4+]. The molecule has 148 valence electrons. The average molecular weight is 404 g/mol.